The lowest BCUT2D eigenvalue weighted by Crippen LogP contribution is -1.99. The smallest absolute Gasteiger partial charge is 0.0208 e. The molecular formula is C4H10NP. The van der Waals surface area contributed by atoms with Crippen LogP contribution in [0.1, 0.15) is 20.8 Å². The molecular weight excluding hydrogens is 93.0 g/mol. The van der Waals surface area contributed by atoms with Gasteiger partial charge in [-0.2, -0.15) is 0 Å². The topological polar surface area (TPSA) is 23.9 Å². The van der Waals surface area contributed by atoms with E-state index in [0.717, 1.165) is 8.37 Å². The Bertz CT molecular complexity index is 53.1. The first-order chi connectivity index (χ1) is 2.56. The minimum atomic E-state index is 0.181. The summed E-state index contributed by atoms with van der Waals surface area (Å²) in [5, 5.41) is 7.01. The summed E-state index contributed by atoms with van der Waals surface area (Å²) in [5.74, 6) is 0. The third-order valence-corrected chi connectivity index (χ3v) is 1.01. The molecule has 0 atom stereocenters. The van der Waals surface area contributed by atoms with E-state index >= 15 is 0 Å². The van der Waals surface area contributed by atoms with Crippen molar-refractivity contribution in [2.45, 2.75) is 25.9 Å². The number of hydrogen-bond donors (Lipinski definition) is 1. The Balaban J connectivity index is 3.45. The highest BCUT2D eigenvalue weighted by atomic mass is 31.1. The summed E-state index contributed by atoms with van der Waals surface area (Å²) in [7, 11) is 0.725. The number of hydrogen-bond acceptors (Lipinski definition) is 1. The van der Waals surface area contributed by atoms with Crippen LogP contribution in [0.15, 0.2) is 0 Å². The third kappa shape index (κ3) is 4.10. The maximum Gasteiger partial charge on any atom is 0.0208 e. The second kappa shape index (κ2) is 1.70. The van der Waals surface area contributed by atoms with E-state index in [9.17, 15) is 0 Å². The minimum Gasteiger partial charge on any atom is -0.283 e. The molecule has 0 aromatic heterocycles. The maximum atomic E-state index is 6.83. The highest BCUT2D eigenvalue weighted by molar-refractivity contribution is 7.27. The van der Waals surface area contributed by atoms with Crippen molar-refractivity contribution in [2.75, 3.05) is 0 Å². The number of nitrogens with one attached hydrogen (secondary N) is 1. The van der Waals surface area contributed by atoms with Gasteiger partial charge in [0.1, 0.15) is 0 Å². The summed E-state index contributed by atoms with van der Waals surface area (Å²) < 4.78 is 0. The molecule has 1 N–H and O–H groups in total. The average molecular weight is 103 g/mol. The molecule has 0 aliphatic carbocycles. The fourth-order valence-electron chi connectivity index (χ4n) is 0. The zero-order valence-corrected chi connectivity index (χ0v) is 5.34. The van der Waals surface area contributed by atoms with E-state index < -0.39 is 0 Å². The van der Waals surface area contributed by atoms with Crippen LogP contribution in [0.4, 0.5) is 0 Å². The van der Waals surface area contributed by atoms with Crippen molar-refractivity contribution in [3.8, 4) is 0 Å². The van der Waals surface area contributed by atoms with Gasteiger partial charge < -0.3 is 0 Å². The highest BCUT2D eigenvalue weighted by Crippen LogP contribution is 2.19. The molecule has 0 aliphatic rings. The Morgan fingerprint density at radius 3 is 1.50 bits per heavy atom. The van der Waals surface area contributed by atoms with Crippen LogP contribution in [0, 0.1) is 5.16 Å². The molecule has 0 aromatic carbocycles. The molecule has 0 heterocycles. The van der Waals surface area contributed by atoms with E-state index in [1.165, 1.54) is 0 Å². The van der Waals surface area contributed by atoms with Crippen molar-refractivity contribution in [1.29, 1.82) is 5.16 Å². The SMILES string of the molecule is CC(C)(C)P=N. The molecule has 0 amide bonds. The van der Waals surface area contributed by atoms with Gasteiger partial charge in [-0.15, -0.1) is 0 Å². The predicted octanol–water partition coefficient (Wildman–Crippen LogP) is 2.49. The Morgan fingerprint density at radius 1 is 1.33 bits per heavy atom. The van der Waals surface area contributed by atoms with Crippen LogP contribution in [0.3, 0.4) is 0 Å². The molecule has 0 rings (SSSR count). The molecule has 1 nitrogen and oxygen atoms in total. The van der Waals surface area contributed by atoms with Crippen molar-refractivity contribution in [3.05, 3.63) is 0 Å². The van der Waals surface area contributed by atoms with Crippen molar-refractivity contribution in [1.82, 2.24) is 0 Å². The van der Waals surface area contributed by atoms with Gasteiger partial charge in [-0.1, -0.05) is 20.8 Å². The quantitative estimate of drug-likeness (QED) is 0.455. The largest absolute Gasteiger partial charge is 0.283 e. The summed E-state index contributed by atoms with van der Waals surface area (Å²) in [6.45, 7) is 6.13. The van der Waals surface area contributed by atoms with Crippen LogP contribution in [-0.4, -0.2) is 5.16 Å². The maximum absolute atomic E-state index is 6.83. The Labute approximate surface area is 40.4 Å². The van der Waals surface area contributed by atoms with Gasteiger partial charge in [0, 0.05) is 13.5 Å². The standard InChI is InChI=1S/C4H10NP/c1-4(2,3)6-5/h5H,1-3H3. The summed E-state index contributed by atoms with van der Waals surface area (Å²) in [4.78, 5) is 0. The van der Waals surface area contributed by atoms with Gasteiger partial charge in [0.15, 0.2) is 0 Å². The van der Waals surface area contributed by atoms with Gasteiger partial charge in [0.25, 0.3) is 0 Å². The average Bonchev–Trinajstić information content (AvgIpc) is 1.35. The zero-order valence-electron chi connectivity index (χ0n) is 4.45. The molecule has 0 spiro atoms. The fraction of sp³-hybridized carbons (Fsp3) is 1.00. The van der Waals surface area contributed by atoms with Crippen LogP contribution in [0.2, 0.25) is 0 Å². The van der Waals surface area contributed by atoms with Crippen molar-refractivity contribution >= 4 is 8.37 Å². The van der Waals surface area contributed by atoms with Crippen molar-refractivity contribution < 1.29 is 0 Å². The Morgan fingerprint density at radius 2 is 1.50 bits per heavy atom. The molecule has 0 fully saturated rings. The fourth-order valence-corrected chi connectivity index (χ4v) is 0. The van der Waals surface area contributed by atoms with Crippen LogP contribution < -0.4 is 0 Å². The monoisotopic (exact) mass is 103 g/mol. The normalized spacial score (nSPS) is 12.5. The molecule has 36 valence electrons. The van der Waals surface area contributed by atoms with E-state index in [-0.39, 0.29) is 5.16 Å². The van der Waals surface area contributed by atoms with Gasteiger partial charge in [0.2, 0.25) is 0 Å². The number of rotatable bonds is 0. The lowest BCUT2D eigenvalue weighted by atomic mass is 10.3. The summed E-state index contributed by atoms with van der Waals surface area (Å²) >= 11 is 0. The van der Waals surface area contributed by atoms with Crippen LogP contribution in [0.25, 0.3) is 0 Å². The lowest BCUT2D eigenvalue weighted by molar-refractivity contribution is 0.797. The molecule has 0 saturated heterocycles. The molecule has 2 heteroatoms. The van der Waals surface area contributed by atoms with Gasteiger partial charge >= 0.3 is 0 Å². The highest BCUT2D eigenvalue weighted by Gasteiger charge is 2.02. The molecule has 6 heavy (non-hydrogen) atoms. The van der Waals surface area contributed by atoms with Crippen LogP contribution in [0.5, 0.6) is 0 Å². The van der Waals surface area contributed by atoms with Gasteiger partial charge in [-0.25, -0.2) is 0 Å². The van der Waals surface area contributed by atoms with E-state index in [2.05, 4.69) is 0 Å². The third-order valence-electron chi connectivity index (χ3n) is 0.335. The lowest BCUT2D eigenvalue weighted by Gasteiger charge is -2.05. The summed E-state index contributed by atoms with van der Waals surface area (Å²) in [6, 6.07) is 0. The molecule has 0 bridgehead atoms. The molecule has 0 saturated carbocycles. The Hall–Kier alpha value is 0.100. The van der Waals surface area contributed by atoms with Crippen molar-refractivity contribution in [3.63, 3.8) is 0 Å². The predicted molar refractivity (Wildman–Crippen MR) is 29.4 cm³/mol. The Kier molecular flexibility index (Phi) is 1.73. The van der Waals surface area contributed by atoms with E-state index in [1.807, 2.05) is 20.8 Å². The molecule has 0 unspecified atom stereocenters. The van der Waals surface area contributed by atoms with Gasteiger partial charge in [0.05, 0.1) is 0 Å². The van der Waals surface area contributed by atoms with Gasteiger partial charge in [-0.05, 0) is 0 Å². The summed E-state index contributed by atoms with van der Waals surface area (Å²) in [6.07, 6.45) is 0. The summed E-state index contributed by atoms with van der Waals surface area (Å²) in [5.41, 5.74) is 0. The van der Waals surface area contributed by atoms with Crippen LogP contribution in [-0.2, 0) is 0 Å². The first kappa shape index (κ1) is 6.10. The first-order valence-electron chi connectivity index (χ1n) is 1.95. The van der Waals surface area contributed by atoms with E-state index in [1.54, 1.807) is 0 Å². The van der Waals surface area contributed by atoms with Gasteiger partial charge in [-0.3, -0.25) is 5.16 Å². The minimum absolute atomic E-state index is 0.181. The molecule has 0 aliphatic heterocycles. The zero-order chi connectivity index (χ0) is 5.21. The van der Waals surface area contributed by atoms with Crippen LogP contribution >= 0.6 is 8.37 Å². The second-order valence-electron chi connectivity index (χ2n) is 2.28. The first-order valence-corrected chi connectivity index (χ1v) is 2.84. The van der Waals surface area contributed by atoms with E-state index in [0.29, 0.717) is 0 Å². The molecule has 0 radical (unpaired) electrons. The van der Waals surface area contributed by atoms with E-state index in [4.69, 9.17) is 5.16 Å². The second-order valence-corrected chi connectivity index (χ2v) is 3.85. The molecule has 0 aromatic rings. The van der Waals surface area contributed by atoms with Crippen molar-refractivity contribution in [2.24, 2.45) is 0 Å².